The number of benzene rings is 1. The van der Waals surface area contributed by atoms with Gasteiger partial charge in [-0.1, -0.05) is 30.3 Å². The quantitative estimate of drug-likeness (QED) is 0.824. The van der Waals surface area contributed by atoms with E-state index in [1.807, 2.05) is 24.4 Å². The van der Waals surface area contributed by atoms with E-state index in [-0.39, 0.29) is 24.2 Å². The molecule has 2 aromatic rings. The molecular formula is C18H24N2O3S. The molecule has 1 unspecified atom stereocenters. The van der Waals surface area contributed by atoms with Gasteiger partial charge in [0.05, 0.1) is 18.1 Å². The molecule has 24 heavy (non-hydrogen) atoms. The van der Waals surface area contributed by atoms with Crippen LogP contribution in [0.25, 0.3) is 0 Å². The van der Waals surface area contributed by atoms with Gasteiger partial charge in [-0.2, -0.15) is 0 Å². The molecule has 0 spiro atoms. The summed E-state index contributed by atoms with van der Waals surface area (Å²) in [5.74, 6) is 0.465. The zero-order chi connectivity index (χ0) is 17.0. The van der Waals surface area contributed by atoms with Crippen molar-refractivity contribution in [2.45, 2.75) is 25.6 Å². The van der Waals surface area contributed by atoms with Crippen molar-refractivity contribution in [3.63, 3.8) is 0 Å². The number of hydrogen-bond donors (Lipinski definition) is 1. The van der Waals surface area contributed by atoms with Crippen LogP contribution in [-0.2, 0) is 22.9 Å². The third-order valence-electron chi connectivity index (χ3n) is 4.52. The lowest BCUT2D eigenvalue weighted by atomic mass is 10.2. The molecule has 6 heteroatoms. The van der Waals surface area contributed by atoms with E-state index in [2.05, 4.69) is 33.9 Å². The van der Waals surface area contributed by atoms with Crippen molar-refractivity contribution >= 4 is 9.84 Å². The van der Waals surface area contributed by atoms with E-state index in [1.54, 1.807) is 0 Å². The minimum absolute atomic E-state index is 0.0135. The lowest BCUT2D eigenvalue weighted by Gasteiger charge is -2.26. The molecule has 2 heterocycles. The highest BCUT2D eigenvalue weighted by Crippen LogP contribution is 2.20. The predicted molar refractivity (Wildman–Crippen MR) is 94.5 cm³/mol. The topological polar surface area (TPSA) is 62.5 Å². The van der Waals surface area contributed by atoms with Crippen LogP contribution in [-0.4, -0.2) is 53.7 Å². The predicted octanol–water partition coefficient (Wildman–Crippen LogP) is 1.52. The number of rotatable bonds is 7. The van der Waals surface area contributed by atoms with Gasteiger partial charge in [-0.3, -0.25) is 4.90 Å². The number of aromatic nitrogens is 1. The average Bonchev–Trinajstić information content (AvgIpc) is 3.14. The first-order chi connectivity index (χ1) is 11.6. The monoisotopic (exact) mass is 348 g/mol. The standard InChI is InChI=1S/C18H24N2O3S/c21-10-9-20(18-7-11-24(22,23)15-18)14-17-6-8-19(13-17)12-16-4-2-1-3-5-16/h1-6,8,13,18,21H,7,9-12,14-15H2. The minimum atomic E-state index is -2.92. The maximum absolute atomic E-state index is 11.7. The molecule has 0 saturated carbocycles. The molecule has 0 bridgehead atoms. The van der Waals surface area contributed by atoms with Gasteiger partial charge >= 0.3 is 0 Å². The van der Waals surface area contributed by atoms with Gasteiger partial charge in [0.1, 0.15) is 0 Å². The van der Waals surface area contributed by atoms with Crippen LogP contribution in [0.1, 0.15) is 17.5 Å². The Morgan fingerprint density at radius 1 is 1.17 bits per heavy atom. The summed E-state index contributed by atoms with van der Waals surface area (Å²) in [6.45, 7) is 2.03. The molecule has 130 valence electrons. The fraction of sp³-hybridized carbons (Fsp3) is 0.444. The third kappa shape index (κ3) is 4.47. The summed E-state index contributed by atoms with van der Waals surface area (Å²) < 4.78 is 25.6. The van der Waals surface area contributed by atoms with Crippen molar-refractivity contribution < 1.29 is 13.5 Å². The fourth-order valence-corrected chi connectivity index (χ4v) is 5.06. The highest BCUT2D eigenvalue weighted by Gasteiger charge is 2.32. The Balaban J connectivity index is 1.65. The van der Waals surface area contributed by atoms with Crippen molar-refractivity contribution in [1.82, 2.24) is 9.47 Å². The van der Waals surface area contributed by atoms with Gasteiger partial charge in [0.2, 0.25) is 0 Å². The molecule has 1 saturated heterocycles. The molecule has 0 amide bonds. The SMILES string of the molecule is O=S1(=O)CCC(N(CCO)Cc2ccn(Cc3ccccc3)c2)C1. The maximum atomic E-state index is 11.7. The average molecular weight is 348 g/mol. The Morgan fingerprint density at radius 3 is 2.62 bits per heavy atom. The summed E-state index contributed by atoms with van der Waals surface area (Å²) in [5.41, 5.74) is 2.39. The number of sulfone groups is 1. The zero-order valence-electron chi connectivity index (χ0n) is 13.7. The van der Waals surface area contributed by atoms with Crippen molar-refractivity contribution in [2.24, 2.45) is 0 Å². The molecule has 1 aromatic heterocycles. The maximum Gasteiger partial charge on any atom is 0.151 e. The molecule has 1 aliphatic rings. The van der Waals surface area contributed by atoms with E-state index >= 15 is 0 Å². The summed E-state index contributed by atoms with van der Waals surface area (Å²) >= 11 is 0. The van der Waals surface area contributed by atoms with Crippen LogP contribution in [0.5, 0.6) is 0 Å². The number of aliphatic hydroxyl groups is 1. The van der Waals surface area contributed by atoms with Crippen molar-refractivity contribution in [3.8, 4) is 0 Å². The minimum Gasteiger partial charge on any atom is -0.395 e. The van der Waals surface area contributed by atoms with Crippen LogP contribution in [0.2, 0.25) is 0 Å². The number of aliphatic hydroxyl groups excluding tert-OH is 1. The molecular weight excluding hydrogens is 324 g/mol. The van der Waals surface area contributed by atoms with Crippen LogP contribution < -0.4 is 0 Å². The molecule has 5 nitrogen and oxygen atoms in total. The van der Waals surface area contributed by atoms with Gasteiger partial charge in [0, 0.05) is 38.1 Å². The van der Waals surface area contributed by atoms with E-state index in [1.165, 1.54) is 5.56 Å². The third-order valence-corrected chi connectivity index (χ3v) is 6.27. The molecule has 3 rings (SSSR count). The Morgan fingerprint density at radius 2 is 1.96 bits per heavy atom. The largest absolute Gasteiger partial charge is 0.395 e. The van der Waals surface area contributed by atoms with Gasteiger partial charge in [0.25, 0.3) is 0 Å². The second-order valence-corrected chi connectivity index (χ2v) is 8.66. The highest BCUT2D eigenvalue weighted by atomic mass is 32.2. The summed E-state index contributed by atoms with van der Waals surface area (Å²) in [6, 6.07) is 12.3. The van der Waals surface area contributed by atoms with E-state index in [9.17, 15) is 13.5 Å². The Bertz CT molecular complexity index is 756. The normalized spacial score (nSPS) is 19.8. The van der Waals surface area contributed by atoms with E-state index in [0.717, 1.165) is 12.1 Å². The van der Waals surface area contributed by atoms with Crippen LogP contribution >= 0.6 is 0 Å². The van der Waals surface area contributed by atoms with Crippen LogP contribution in [0.15, 0.2) is 48.8 Å². The van der Waals surface area contributed by atoms with Crippen LogP contribution in [0.4, 0.5) is 0 Å². The number of nitrogens with zero attached hydrogens (tertiary/aromatic N) is 2. The Hall–Kier alpha value is -1.63. The number of hydrogen-bond acceptors (Lipinski definition) is 4. The molecule has 0 radical (unpaired) electrons. The lowest BCUT2D eigenvalue weighted by Crippen LogP contribution is -2.37. The molecule has 1 aromatic carbocycles. The van der Waals surface area contributed by atoms with Crippen LogP contribution in [0.3, 0.4) is 0 Å². The molecule has 1 N–H and O–H groups in total. The van der Waals surface area contributed by atoms with E-state index < -0.39 is 9.84 Å². The second-order valence-electron chi connectivity index (χ2n) is 6.43. The van der Waals surface area contributed by atoms with Gasteiger partial charge in [-0.25, -0.2) is 8.42 Å². The molecule has 1 aliphatic heterocycles. The van der Waals surface area contributed by atoms with Gasteiger partial charge in [-0.05, 0) is 23.6 Å². The first-order valence-electron chi connectivity index (χ1n) is 8.30. The van der Waals surface area contributed by atoms with Crippen molar-refractivity contribution in [1.29, 1.82) is 0 Å². The second kappa shape index (κ2) is 7.51. The lowest BCUT2D eigenvalue weighted by molar-refractivity contribution is 0.153. The molecule has 1 fully saturated rings. The molecule has 0 aliphatic carbocycles. The smallest absolute Gasteiger partial charge is 0.151 e. The Kier molecular flexibility index (Phi) is 5.38. The van der Waals surface area contributed by atoms with Crippen LogP contribution in [0, 0.1) is 0 Å². The van der Waals surface area contributed by atoms with Gasteiger partial charge in [-0.15, -0.1) is 0 Å². The van der Waals surface area contributed by atoms with E-state index in [4.69, 9.17) is 0 Å². The highest BCUT2D eigenvalue weighted by molar-refractivity contribution is 7.91. The summed E-state index contributed by atoms with van der Waals surface area (Å²) in [6.07, 6.45) is 4.80. The Labute approximate surface area is 143 Å². The summed E-state index contributed by atoms with van der Waals surface area (Å²) in [5, 5.41) is 9.31. The fourth-order valence-electron chi connectivity index (χ4n) is 3.29. The summed E-state index contributed by atoms with van der Waals surface area (Å²) in [4.78, 5) is 2.09. The van der Waals surface area contributed by atoms with Crippen molar-refractivity contribution in [2.75, 3.05) is 24.7 Å². The first kappa shape index (κ1) is 17.2. The zero-order valence-corrected chi connectivity index (χ0v) is 14.5. The van der Waals surface area contributed by atoms with Gasteiger partial charge < -0.3 is 9.67 Å². The van der Waals surface area contributed by atoms with Gasteiger partial charge in [0.15, 0.2) is 9.84 Å². The van der Waals surface area contributed by atoms with Crippen molar-refractivity contribution in [3.05, 3.63) is 59.9 Å². The van der Waals surface area contributed by atoms with E-state index in [0.29, 0.717) is 19.5 Å². The first-order valence-corrected chi connectivity index (χ1v) is 10.1. The summed E-state index contributed by atoms with van der Waals surface area (Å²) in [7, 11) is -2.92. The molecule has 1 atom stereocenters.